The normalized spacial score (nSPS) is 23.4. The Morgan fingerprint density at radius 2 is 2.00 bits per heavy atom. The summed E-state index contributed by atoms with van der Waals surface area (Å²) in [6, 6.07) is 0. The molecule has 0 aromatic rings. The van der Waals surface area contributed by atoms with Crippen molar-refractivity contribution in [1.82, 2.24) is 9.80 Å². The monoisotopic (exact) mass is 182 g/mol. The molecule has 2 saturated heterocycles. The molecule has 2 rings (SSSR count). The molecule has 0 aromatic carbocycles. The summed E-state index contributed by atoms with van der Waals surface area (Å²) in [6.07, 6.45) is 2.57. The number of carbonyl (C=O) groups excluding carboxylic acids is 2. The quantitative estimate of drug-likeness (QED) is 0.596. The first-order chi connectivity index (χ1) is 6.27. The second-order valence-corrected chi connectivity index (χ2v) is 3.67. The van der Waals surface area contributed by atoms with Crippen molar-refractivity contribution in [3.8, 4) is 0 Å². The number of likely N-dealkylation sites (tertiary alicyclic amines) is 2. The van der Waals surface area contributed by atoms with E-state index in [2.05, 4.69) is 4.90 Å². The fourth-order valence-electron chi connectivity index (χ4n) is 1.73. The van der Waals surface area contributed by atoms with Crippen LogP contribution < -0.4 is 0 Å². The van der Waals surface area contributed by atoms with Gasteiger partial charge in [0.15, 0.2) is 0 Å². The van der Waals surface area contributed by atoms with E-state index in [-0.39, 0.29) is 11.8 Å². The summed E-state index contributed by atoms with van der Waals surface area (Å²) >= 11 is 0. The first-order valence-corrected chi connectivity index (χ1v) is 4.83. The average Bonchev–Trinajstić information content (AvgIpc) is 2.43. The minimum atomic E-state index is -0.0119. The summed E-state index contributed by atoms with van der Waals surface area (Å²) in [5, 5.41) is 0. The van der Waals surface area contributed by atoms with Gasteiger partial charge in [0.2, 0.25) is 11.8 Å². The summed E-state index contributed by atoms with van der Waals surface area (Å²) in [5.41, 5.74) is 0. The minimum Gasteiger partial charge on any atom is -0.294 e. The highest BCUT2D eigenvalue weighted by molar-refractivity contribution is 5.97. The van der Waals surface area contributed by atoms with Gasteiger partial charge in [0.1, 0.15) is 0 Å². The molecule has 72 valence electrons. The van der Waals surface area contributed by atoms with Gasteiger partial charge >= 0.3 is 0 Å². The third kappa shape index (κ3) is 1.72. The van der Waals surface area contributed by atoms with Crippen LogP contribution in [0, 0.1) is 0 Å². The van der Waals surface area contributed by atoms with Crippen molar-refractivity contribution in [1.29, 1.82) is 0 Å². The van der Waals surface area contributed by atoms with Crippen LogP contribution in [0.5, 0.6) is 0 Å². The van der Waals surface area contributed by atoms with Gasteiger partial charge in [0, 0.05) is 13.0 Å². The summed E-state index contributed by atoms with van der Waals surface area (Å²) in [4.78, 5) is 26.2. The summed E-state index contributed by atoms with van der Waals surface area (Å²) in [7, 11) is 0. The van der Waals surface area contributed by atoms with E-state index in [9.17, 15) is 9.59 Å². The number of imide groups is 1. The van der Waals surface area contributed by atoms with Crippen LogP contribution in [0.25, 0.3) is 0 Å². The molecule has 0 bridgehead atoms. The van der Waals surface area contributed by atoms with Crippen LogP contribution in [0.4, 0.5) is 0 Å². The van der Waals surface area contributed by atoms with Crippen molar-refractivity contribution >= 4 is 11.8 Å². The van der Waals surface area contributed by atoms with Gasteiger partial charge in [-0.05, 0) is 25.9 Å². The van der Waals surface area contributed by atoms with Crippen LogP contribution in [-0.4, -0.2) is 47.8 Å². The van der Waals surface area contributed by atoms with E-state index in [4.69, 9.17) is 0 Å². The molecule has 13 heavy (non-hydrogen) atoms. The van der Waals surface area contributed by atoms with E-state index in [1.807, 2.05) is 0 Å². The molecule has 0 saturated carbocycles. The third-order valence-corrected chi connectivity index (χ3v) is 2.68. The largest absolute Gasteiger partial charge is 0.294 e. The molecule has 2 amide bonds. The average molecular weight is 182 g/mol. The van der Waals surface area contributed by atoms with E-state index in [0.29, 0.717) is 19.5 Å². The van der Waals surface area contributed by atoms with Crippen molar-refractivity contribution in [3.63, 3.8) is 0 Å². The lowest BCUT2D eigenvalue weighted by atomic mass is 10.2. The first-order valence-electron chi connectivity index (χ1n) is 4.83. The maximum atomic E-state index is 11.5. The molecular formula is C9H14N2O2. The molecule has 2 aliphatic heterocycles. The fraction of sp³-hybridized carbons (Fsp3) is 0.778. The topological polar surface area (TPSA) is 40.6 Å². The molecule has 0 spiro atoms. The predicted molar refractivity (Wildman–Crippen MR) is 47.0 cm³/mol. The highest BCUT2D eigenvalue weighted by Crippen LogP contribution is 2.12. The Morgan fingerprint density at radius 1 is 1.23 bits per heavy atom. The summed E-state index contributed by atoms with van der Waals surface area (Å²) < 4.78 is 0. The van der Waals surface area contributed by atoms with Crippen molar-refractivity contribution in [2.75, 3.05) is 26.2 Å². The second kappa shape index (κ2) is 3.46. The Balaban J connectivity index is 1.84. The summed E-state index contributed by atoms with van der Waals surface area (Å²) in [5.74, 6) is -0.00674. The Labute approximate surface area is 77.5 Å². The second-order valence-electron chi connectivity index (χ2n) is 3.67. The van der Waals surface area contributed by atoms with Gasteiger partial charge < -0.3 is 0 Å². The van der Waals surface area contributed by atoms with Gasteiger partial charge in [-0.15, -0.1) is 0 Å². The standard InChI is InChI=1S/C9H14N2O2/c12-8-3-1-6-11(8)9(13)7-10-4-2-5-10/h1-7H2. The number of amides is 2. The van der Waals surface area contributed by atoms with Gasteiger partial charge in [-0.3, -0.25) is 19.4 Å². The van der Waals surface area contributed by atoms with Gasteiger partial charge in [-0.25, -0.2) is 0 Å². The van der Waals surface area contributed by atoms with Crippen molar-refractivity contribution < 1.29 is 9.59 Å². The molecule has 0 atom stereocenters. The van der Waals surface area contributed by atoms with Crippen LogP contribution in [0.3, 0.4) is 0 Å². The van der Waals surface area contributed by atoms with Crippen LogP contribution in [0.1, 0.15) is 19.3 Å². The fourth-order valence-corrected chi connectivity index (χ4v) is 1.73. The first kappa shape index (κ1) is 8.69. The molecule has 0 radical (unpaired) electrons. The summed E-state index contributed by atoms with van der Waals surface area (Å²) in [6.45, 7) is 3.08. The molecule has 0 N–H and O–H groups in total. The minimum absolute atomic E-state index is 0.00511. The van der Waals surface area contributed by atoms with E-state index in [1.54, 1.807) is 0 Å². The highest BCUT2D eigenvalue weighted by atomic mass is 16.2. The van der Waals surface area contributed by atoms with Crippen LogP contribution >= 0.6 is 0 Å². The zero-order valence-electron chi connectivity index (χ0n) is 7.66. The van der Waals surface area contributed by atoms with Crippen LogP contribution in [-0.2, 0) is 9.59 Å². The Bertz CT molecular complexity index is 236. The van der Waals surface area contributed by atoms with Gasteiger partial charge in [-0.2, -0.15) is 0 Å². The lowest BCUT2D eigenvalue weighted by molar-refractivity contribution is -0.143. The Hall–Kier alpha value is -0.900. The van der Waals surface area contributed by atoms with Crippen molar-refractivity contribution in [3.05, 3.63) is 0 Å². The molecule has 4 nitrogen and oxygen atoms in total. The SMILES string of the molecule is O=C1CCCN1C(=O)CN1CCC1. The smallest absolute Gasteiger partial charge is 0.243 e. The number of hydrogen-bond donors (Lipinski definition) is 0. The van der Waals surface area contributed by atoms with Gasteiger partial charge in [-0.1, -0.05) is 0 Å². The Kier molecular flexibility index (Phi) is 2.31. The maximum absolute atomic E-state index is 11.5. The lowest BCUT2D eigenvalue weighted by Gasteiger charge is -2.31. The number of nitrogens with zero attached hydrogens (tertiary/aromatic N) is 2. The maximum Gasteiger partial charge on any atom is 0.243 e. The lowest BCUT2D eigenvalue weighted by Crippen LogP contribution is -2.46. The van der Waals surface area contributed by atoms with Crippen LogP contribution in [0.15, 0.2) is 0 Å². The zero-order chi connectivity index (χ0) is 9.26. The number of rotatable bonds is 2. The van der Waals surface area contributed by atoms with E-state index in [1.165, 1.54) is 11.3 Å². The van der Waals surface area contributed by atoms with E-state index >= 15 is 0 Å². The molecule has 2 fully saturated rings. The molecule has 0 unspecified atom stereocenters. The van der Waals surface area contributed by atoms with Crippen molar-refractivity contribution in [2.45, 2.75) is 19.3 Å². The van der Waals surface area contributed by atoms with Gasteiger partial charge in [0.05, 0.1) is 6.54 Å². The molecule has 2 heterocycles. The molecule has 2 aliphatic rings. The highest BCUT2D eigenvalue weighted by Gasteiger charge is 2.28. The molecule has 4 heteroatoms. The zero-order valence-corrected chi connectivity index (χ0v) is 7.66. The van der Waals surface area contributed by atoms with Gasteiger partial charge in [0.25, 0.3) is 0 Å². The van der Waals surface area contributed by atoms with Crippen LogP contribution in [0.2, 0.25) is 0 Å². The van der Waals surface area contributed by atoms with Crippen molar-refractivity contribution in [2.24, 2.45) is 0 Å². The number of carbonyl (C=O) groups is 2. The Morgan fingerprint density at radius 3 is 2.46 bits per heavy atom. The third-order valence-electron chi connectivity index (χ3n) is 2.68. The molecular weight excluding hydrogens is 168 g/mol. The number of hydrogen-bond acceptors (Lipinski definition) is 3. The van der Waals surface area contributed by atoms with E-state index < -0.39 is 0 Å². The van der Waals surface area contributed by atoms with E-state index in [0.717, 1.165) is 19.5 Å². The predicted octanol–water partition coefficient (Wildman–Crippen LogP) is -0.159. The molecule has 0 aliphatic carbocycles. The molecule has 0 aromatic heterocycles.